The summed E-state index contributed by atoms with van der Waals surface area (Å²) in [6.07, 6.45) is 4.08. The topological polar surface area (TPSA) is 87.4 Å². The largest absolute Gasteiger partial charge is 0.478 e. The molecule has 0 radical (unpaired) electrons. The number of nitrogens with zero attached hydrogens (tertiary/aromatic N) is 2. The Morgan fingerprint density at radius 1 is 1.03 bits per heavy atom. The number of aliphatic hydroxyl groups is 1. The van der Waals surface area contributed by atoms with Crippen LogP contribution >= 0.6 is 0 Å². The summed E-state index contributed by atoms with van der Waals surface area (Å²) in [5.41, 5.74) is 5.86. The first-order chi connectivity index (χ1) is 17.0. The van der Waals surface area contributed by atoms with Gasteiger partial charge in [-0.1, -0.05) is 69.2 Å². The van der Waals surface area contributed by atoms with E-state index in [0.717, 1.165) is 59.4 Å². The van der Waals surface area contributed by atoms with Gasteiger partial charge >= 0.3 is 5.97 Å². The third kappa shape index (κ3) is 5.72. The number of unbranched alkanes of at least 4 members (excludes halogenated alkanes) is 1. The lowest BCUT2D eigenvalue weighted by atomic mass is 9.99. The third-order valence-corrected chi connectivity index (χ3v) is 6.24. The van der Waals surface area contributed by atoms with E-state index in [4.69, 9.17) is 4.98 Å². The highest BCUT2D eigenvalue weighted by Crippen LogP contribution is 2.27. The average Bonchev–Trinajstić information content (AvgIpc) is 3.19. The van der Waals surface area contributed by atoms with Gasteiger partial charge in [-0.25, -0.2) is 9.78 Å². The van der Waals surface area contributed by atoms with E-state index in [2.05, 4.69) is 41.9 Å². The van der Waals surface area contributed by atoms with E-state index in [0.29, 0.717) is 24.1 Å². The van der Waals surface area contributed by atoms with Crippen molar-refractivity contribution in [3.63, 3.8) is 0 Å². The Kier molecular flexibility index (Phi) is 7.83. The standard InChI is InChI=1S/C29H33N3O3/c1-3-5-11-27-31-25-17-16-22(30-28(33)8-4-2)18-26(25)32(27)19-20-12-14-21(15-13-20)23-9-6-7-10-24(23)29(34)35/h6-7,9-10,12-18,28,30,33H,3-5,8,11,19H2,1-2H3,(H,34,35). The summed E-state index contributed by atoms with van der Waals surface area (Å²) in [5, 5.41) is 22.9. The Hall–Kier alpha value is -3.64. The number of carboxylic acid groups (broad SMARTS) is 1. The third-order valence-electron chi connectivity index (χ3n) is 6.24. The van der Waals surface area contributed by atoms with Crippen molar-refractivity contribution in [3.8, 4) is 11.1 Å². The minimum absolute atomic E-state index is 0.299. The fourth-order valence-electron chi connectivity index (χ4n) is 4.40. The van der Waals surface area contributed by atoms with Crippen LogP contribution in [0.1, 0.15) is 61.3 Å². The highest BCUT2D eigenvalue weighted by atomic mass is 16.4. The Morgan fingerprint density at radius 2 is 1.80 bits per heavy atom. The molecule has 0 aliphatic rings. The first-order valence-corrected chi connectivity index (χ1v) is 12.4. The number of fused-ring (bicyclic) bond motifs is 1. The van der Waals surface area contributed by atoms with Gasteiger partial charge in [0.1, 0.15) is 12.1 Å². The zero-order chi connectivity index (χ0) is 24.8. The maximum absolute atomic E-state index is 11.6. The van der Waals surface area contributed by atoms with E-state index >= 15 is 0 Å². The molecular weight excluding hydrogens is 438 g/mol. The van der Waals surface area contributed by atoms with Crippen LogP contribution in [0.15, 0.2) is 66.7 Å². The summed E-state index contributed by atoms with van der Waals surface area (Å²) < 4.78 is 2.25. The number of aromatic carboxylic acids is 1. The number of imidazole rings is 1. The van der Waals surface area contributed by atoms with Crippen LogP contribution in [0, 0.1) is 0 Å². The molecule has 0 amide bonds. The molecule has 0 saturated heterocycles. The van der Waals surface area contributed by atoms with Crippen molar-refractivity contribution >= 4 is 22.7 Å². The van der Waals surface area contributed by atoms with E-state index in [1.807, 2.05) is 36.4 Å². The van der Waals surface area contributed by atoms with Crippen molar-refractivity contribution in [2.45, 2.75) is 58.7 Å². The van der Waals surface area contributed by atoms with Crippen molar-refractivity contribution in [1.29, 1.82) is 0 Å². The molecule has 0 fully saturated rings. The molecule has 0 aliphatic heterocycles. The number of aryl methyl sites for hydroxylation is 1. The van der Waals surface area contributed by atoms with E-state index < -0.39 is 12.2 Å². The Labute approximate surface area is 206 Å². The second-order valence-electron chi connectivity index (χ2n) is 8.92. The summed E-state index contributed by atoms with van der Waals surface area (Å²) in [7, 11) is 0. The number of rotatable bonds is 11. The molecule has 3 N–H and O–H groups in total. The normalized spacial score (nSPS) is 12.1. The lowest BCUT2D eigenvalue weighted by Gasteiger charge is -2.14. The van der Waals surface area contributed by atoms with Crippen LogP contribution in [0.2, 0.25) is 0 Å². The molecule has 35 heavy (non-hydrogen) atoms. The number of aliphatic hydroxyl groups excluding tert-OH is 1. The molecule has 1 unspecified atom stereocenters. The number of carbonyl (C=O) groups is 1. The molecule has 4 rings (SSSR count). The van der Waals surface area contributed by atoms with Crippen LogP contribution in [0.4, 0.5) is 5.69 Å². The number of nitrogens with one attached hydrogen (secondary N) is 1. The molecule has 0 saturated carbocycles. The first-order valence-electron chi connectivity index (χ1n) is 12.4. The Morgan fingerprint density at radius 3 is 2.51 bits per heavy atom. The van der Waals surface area contributed by atoms with Crippen molar-refractivity contribution in [1.82, 2.24) is 9.55 Å². The van der Waals surface area contributed by atoms with Gasteiger partial charge < -0.3 is 20.1 Å². The predicted molar refractivity (Wildman–Crippen MR) is 141 cm³/mol. The van der Waals surface area contributed by atoms with E-state index in [1.54, 1.807) is 12.1 Å². The van der Waals surface area contributed by atoms with Crippen LogP contribution in [-0.2, 0) is 13.0 Å². The van der Waals surface area contributed by atoms with E-state index in [1.165, 1.54) is 0 Å². The van der Waals surface area contributed by atoms with Crippen molar-refractivity contribution in [3.05, 3.63) is 83.7 Å². The molecule has 182 valence electrons. The van der Waals surface area contributed by atoms with Crippen LogP contribution in [0.25, 0.3) is 22.2 Å². The molecule has 6 nitrogen and oxygen atoms in total. The smallest absolute Gasteiger partial charge is 0.336 e. The fraction of sp³-hybridized carbons (Fsp3) is 0.310. The van der Waals surface area contributed by atoms with Gasteiger partial charge in [-0.15, -0.1) is 0 Å². The SMILES string of the molecule is CCCCc1nc2ccc(NC(O)CCC)cc2n1Cc1ccc(-c2ccccc2C(=O)O)cc1. The minimum Gasteiger partial charge on any atom is -0.478 e. The summed E-state index contributed by atoms with van der Waals surface area (Å²) in [6, 6.07) is 21.2. The number of hydrogen-bond donors (Lipinski definition) is 3. The predicted octanol–water partition coefficient (Wildman–Crippen LogP) is 6.32. The molecule has 1 aromatic heterocycles. The molecule has 1 heterocycles. The number of aromatic nitrogens is 2. The van der Waals surface area contributed by atoms with Crippen molar-refractivity contribution in [2.24, 2.45) is 0 Å². The molecular formula is C29H33N3O3. The van der Waals surface area contributed by atoms with E-state index in [-0.39, 0.29) is 0 Å². The van der Waals surface area contributed by atoms with Crippen LogP contribution < -0.4 is 5.32 Å². The van der Waals surface area contributed by atoms with Gasteiger partial charge in [-0.05, 0) is 53.8 Å². The first kappa shape index (κ1) is 24.5. The van der Waals surface area contributed by atoms with Gasteiger partial charge in [-0.2, -0.15) is 0 Å². The van der Waals surface area contributed by atoms with Crippen molar-refractivity contribution in [2.75, 3.05) is 5.32 Å². The maximum atomic E-state index is 11.6. The molecule has 3 aromatic carbocycles. The summed E-state index contributed by atoms with van der Waals surface area (Å²) in [5.74, 6) is 0.122. The lowest BCUT2D eigenvalue weighted by molar-refractivity contribution is 0.0697. The van der Waals surface area contributed by atoms with Crippen LogP contribution in [-0.4, -0.2) is 32.0 Å². The number of anilines is 1. The molecule has 0 spiro atoms. The van der Waals surface area contributed by atoms with Gasteiger partial charge in [0.05, 0.1) is 16.6 Å². The highest BCUT2D eigenvalue weighted by Gasteiger charge is 2.14. The Balaban J connectivity index is 1.65. The average molecular weight is 472 g/mol. The van der Waals surface area contributed by atoms with Crippen molar-refractivity contribution < 1.29 is 15.0 Å². The van der Waals surface area contributed by atoms with Gasteiger partial charge in [-0.3, -0.25) is 0 Å². The Bertz CT molecular complexity index is 1290. The minimum atomic E-state index is -0.927. The number of hydrogen-bond acceptors (Lipinski definition) is 4. The maximum Gasteiger partial charge on any atom is 0.336 e. The monoisotopic (exact) mass is 471 g/mol. The lowest BCUT2D eigenvalue weighted by Crippen LogP contribution is -2.17. The summed E-state index contributed by atoms with van der Waals surface area (Å²) >= 11 is 0. The van der Waals surface area contributed by atoms with Gasteiger partial charge in [0.2, 0.25) is 0 Å². The van der Waals surface area contributed by atoms with Crippen LogP contribution in [0.5, 0.6) is 0 Å². The number of benzene rings is 3. The molecule has 0 bridgehead atoms. The fourth-order valence-corrected chi connectivity index (χ4v) is 4.40. The highest BCUT2D eigenvalue weighted by molar-refractivity contribution is 5.96. The summed E-state index contributed by atoms with van der Waals surface area (Å²) in [6.45, 7) is 4.89. The quantitative estimate of drug-likeness (QED) is 0.223. The summed E-state index contributed by atoms with van der Waals surface area (Å²) in [4.78, 5) is 16.5. The molecule has 1 atom stereocenters. The van der Waals surface area contributed by atoms with Crippen LogP contribution in [0.3, 0.4) is 0 Å². The second-order valence-corrected chi connectivity index (χ2v) is 8.92. The van der Waals surface area contributed by atoms with Gasteiger partial charge in [0.25, 0.3) is 0 Å². The second kappa shape index (κ2) is 11.2. The zero-order valence-corrected chi connectivity index (χ0v) is 20.4. The zero-order valence-electron chi connectivity index (χ0n) is 20.4. The van der Waals surface area contributed by atoms with E-state index in [9.17, 15) is 15.0 Å². The molecule has 4 aromatic rings. The van der Waals surface area contributed by atoms with Gasteiger partial charge in [0.15, 0.2) is 0 Å². The number of carboxylic acids is 1. The molecule has 0 aliphatic carbocycles. The molecule has 6 heteroatoms. The van der Waals surface area contributed by atoms with Gasteiger partial charge in [0, 0.05) is 18.7 Å².